The lowest BCUT2D eigenvalue weighted by atomic mass is 10.2. The van der Waals surface area contributed by atoms with Gasteiger partial charge in [0.05, 0.1) is 16.5 Å². The number of hydrogen-bond acceptors (Lipinski definition) is 7. The fourth-order valence-corrected chi connectivity index (χ4v) is 3.28. The molecule has 3 heterocycles. The molecular formula is C18H17N7O2S. The number of benzene rings is 1. The first-order valence-electron chi connectivity index (χ1n) is 8.37. The Balaban J connectivity index is 1.66. The summed E-state index contributed by atoms with van der Waals surface area (Å²) >= 11 is 0. The molecule has 0 spiro atoms. The lowest BCUT2D eigenvalue weighted by Gasteiger charge is -2.10. The highest BCUT2D eigenvalue weighted by molar-refractivity contribution is 7.89. The van der Waals surface area contributed by atoms with Crippen molar-refractivity contribution in [3.8, 4) is 11.4 Å². The van der Waals surface area contributed by atoms with Crippen LogP contribution in [0.5, 0.6) is 0 Å². The zero-order valence-corrected chi connectivity index (χ0v) is 15.8. The quantitative estimate of drug-likeness (QED) is 0.526. The number of aromatic nitrogens is 5. The number of anilines is 1. The van der Waals surface area contributed by atoms with Gasteiger partial charge in [0.15, 0.2) is 11.5 Å². The number of sulfonamides is 1. The van der Waals surface area contributed by atoms with Crippen LogP contribution in [-0.4, -0.2) is 33.2 Å². The van der Waals surface area contributed by atoms with Crippen molar-refractivity contribution in [2.75, 3.05) is 5.32 Å². The molecule has 142 valence electrons. The highest BCUT2D eigenvalue weighted by Crippen LogP contribution is 2.24. The van der Waals surface area contributed by atoms with Crippen LogP contribution >= 0.6 is 0 Å². The van der Waals surface area contributed by atoms with E-state index in [9.17, 15) is 8.42 Å². The number of nitrogens with two attached hydrogens (primary N) is 1. The summed E-state index contributed by atoms with van der Waals surface area (Å²) in [6.45, 7) is 0.443. The summed E-state index contributed by atoms with van der Waals surface area (Å²) in [7, 11) is -1.89. The second kappa shape index (κ2) is 6.98. The molecule has 0 fully saturated rings. The van der Waals surface area contributed by atoms with Crippen LogP contribution in [-0.2, 0) is 23.6 Å². The van der Waals surface area contributed by atoms with Gasteiger partial charge in [0.1, 0.15) is 5.82 Å². The number of hydrogen-bond donors (Lipinski definition) is 2. The topological polar surface area (TPSA) is 129 Å². The molecule has 0 atom stereocenters. The number of rotatable bonds is 5. The summed E-state index contributed by atoms with van der Waals surface area (Å²) in [5, 5.41) is 13.5. The van der Waals surface area contributed by atoms with E-state index in [0.29, 0.717) is 23.8 Å². The fourth-order valence-electron chi connectivity index (χ4n) is 2.76. The van der Waals surface area contributed by atoms with Gasteiger partial charge in [-0.25, -0.2) is 23.5 Å². The highest BCUT2D eigenvalue weighted by atomic mass is 32.2. The predicted molar refractivity (Wildman–Crippen MR) is 105 cm³/mol. The van der Waals surface area contributed by atoms with E-state index in [2.05, 4.69) is 25.4 Å². The maximum Gasteiger partial charge on any atom is 0.238 e. The van der Waals surface area contributed by atoms with Crippen LogP contribution in [0.4, 0.5) is 5.82 Å². The molecule has 4 rings (SSSR count). The molecule has 28 heavy (non-hydrogen) atoms. The van der Waals surface area contributed by atoms with Crippen molar-refractivity contribution in [2.45, 2.75) is 11.4 Å². The minimum absolute atomic E-state index is 0.0757. The van der Waals surface area contributed by atoms with Gasteiger partial charge in [0.2, 0.25) is 10.0 Å². The van der Waals surface area contributed by atoms with Gasteiger partial charge in [-0.1, -0.05) is 12.1 Å². The maximum absolute atomic E-state index is 11.4. The van der Waals surface area contributed by atoms with Gasteiger partial charge in [0.25, 0.3) is 0 Å². The molecule has 4 aromatic rings. The van der Waals surface area contributed by atoms with Crippen LogP contribution < -0.4 is 10.5 Å². The second-order valence-electron chi connectivity index (χ2n) is 6.19. The first-order chi connectivity index (χ1) is 13.4. The normalized spacial score (nSPS) is 11.6. The van der Waals surface area contributed by atoms with Gasteiger partial charge < -0.3 is 5.32 Å². The van der Waals surface area contributed by atoms with Crippen LogP contribution in [0.15, 0.2) is 59.9 Å². The predicted octanol–water partition coefficient (Wildman–Crippen LogP) is 1.68. The Bertz CT molecular complexity index is 1240. The molecular weight excluding hydrogens is 378 g/mol. The molecule has 0 radical (unpaired) electrons. The second-order valence-corrected chi connectivity index (χ2v) is 7.75. The van der Waals surface area contributed by atoms with Gasteiger partial charge >= 0.3 is 0 Å². The molecule has 0 aliphatic heterocycles. The zero-order chi connectivity index (χ0) is 19.7. The van der Waals surface area contributed by atoms with Crippen molar-refractivity contribution in [1.82, 2.24) is 24.7 Å². The summed E-state index contributed by atoms with van der Waals surface area (Å²) in [4.78, 5) is 13.4. The molecule has 0 aliphatic rings. The van der Waals surface area contributed by atoms with Gasteiger partial charge in [-0.3, -0.25) is 9.67 Å². The lowest BCUT2D eigenvalue weighted by molar-refractivity contribution is 0.598. The molecule has 0 saturated heterocycles. The van der Waals surface area contributed by atoms with E-state index >= 15 is 0 Å². The Morgan fingerprint density at radius 2 is 1.89 bits per heavy atom. The van der Waals surface area contributed by atoms with Crippen LogP contribution in [0.2, 0.25) is 0 Å². The lowest BCUT2D eigenvalue weighted by Crippen LogP contribution is -2.12. The maximum atomic E-state index is 11.4. The molecule has 9 nitrogen and oxygen atoms in total. The van der Waals surface area contributed by atoms with Gasteiger partial charge in [-0.05, 0) is 29.8 Å². The third-order valence-corrected chi connectivity index (χ3v) is 5.15. The summed E-state index contributed by atoms with van der Waals surface area (Å²) in [5.74, 6) is 1.17. The Hall–Kier alpha value is -3.37. The van der Waals surface area contributed by atoms with Crippen molar-refractivity contribution in [3.05, 3.63) is 60.6 Å². The summed E-state index contributed by atoms with van der Waals surface area (Å²) < 4.78 is 24.4. The standard InChI is InChI=1S/C18H17N7O2S/c1-25-18-15(11-22-25)17(23-16(24-18)13-3-2-8-20-10-13)21-9-12-4-6-14(7-5-12)28(19,26)27/h2-8,10-11H,9H2,1H3,(H2,19,26,27)(H,21,23,24). The zero-order valence-electron chi connectivity index (χ0n) is 14.9. The van der Waals surface area contributed by atoms with Gasteiger partial charge in [-0.2, -0.15) is 5.10 Å². The third-order valence-electron chi connectivity index (χ3n) is 4.22. The molecule has 0 saturated carbocycles. The fraction of sp³-hybridized carbons (Fsp3) is 0.111. The Morgan fingerprint density at radius 1 is 1.11 bits per heavy atom. The summed E-state index contributed by atoms with van der Waals surface area (Å²) in [6.07, 6.45) is 5.10. The van der Waals surface area contributed by atoms with E-state index in [1.54, 1.807) is 35.4 Å². The average molecular weight is 395 g/mol. The number of aryl methyl sites for hydroxylation is 1. The molecule has 0 amide bonds. The highest BCUT2D eigenvalue weighted by Gasteiger charge is 2.13. The largest absolute Gasteiger partial charge is 0.365 e. The Kier molecular flexibility index (Phi) is 4.49. The van der Waals surface area contributed by atoms with E-state index in [0.717, 1.165) is 16.5 Å². The summed E-state index contributed by atoms with van der Waals surface area (Å²) in [5.41, 5.74) is 2.37. The first kappa shape index (κ1) is 18.0. The molecule has 0 unspecified atom stereocenters. The van der Waals surface area contributed by atoms with Crippen LogP contribution in [0.1, 0.15) is 5.56 Å². The number of pyridine rings is 1. The van der Waals surface area contributed by atoms with Crippen molar-refractivity contribution < 1.29 is 8.42 Å². The molecule has 0 aliphatic carbocycles. The molecule has 3 aromatic heterocycles. The van der Waals surface area contributed by atoms with Gasteiger partial charge in [-0.15, -0.1) is 0 Å². The molecule has 10 heteroatoms. The van der Waals surface area contributed by atoms with Crippen molar-refractivity contribution in [3.63, 3.8) is 0 Å². The summed E-state index contributed by atoms with van der Waals surface area (Å²) in [6, 6.07) is 10.1. The van der Waals surface area contributed by atoms with Crippen molar-refractivity contribution >= 4 is 26.9 Å². The number of primary sulfonamides is 1. The van der Waals surface area contributed by atoms with Crippen LogP contribution in [0.3, 0.4) is 0 Å². The van der Waals surface area contributed by atoms with Gasteiger partial charge in [0, 0.05) is 31.5 Å². The number of nitrogens with zero attached hydrogens (tertiary/aromatic N) is 5. The monoisotopic (exact) mass is 395 g/mol. The first-order valence-corrected chi connectivity index (χ1v) is 9.92. The van der Waals surface area contributed by atoms with E-state index in [1.807, 2.05) is 19.2 Å². The van der Waals surface area contributed by atoms with Crippen LogP contribution in [0, 0.1) is 0 Å². The van der Waals surface area contributed by atoms with Crippen LogP contribution in [0.25, 0.3) is 22.4 Å². The van der Waals surface area contributed by atoms with E-state index in [4.69, 9.17) is 5.14 Å². The number of nitrogens with one attached hydrogen (secondary N) is 1. The van der Waals surface area contributed by atoms with Crippen molar-refractivity contribution in [2.24, 2.45) is 12.2 Å². The SMILES string of the molecule is Cn1ncc2c(NCc3ccc(S(N)(=O)=O)cc3)nc(-c3cccnc3)nc21. The third kappa shape index (κ3) is 3.55. The Labute approximate surface area is 161 Å². The number of fused-ring (bicyclic) bond motifs is 1. The molecule has 1 aromatic carbocycles. The molecule has 3 N–H and O–H groups in total. The average Bonchev–Trinajstić information content (AvgIpc) is 3.07. The molecule has 0 bridgehead atoms. The minimum Gasteiger partial charge on any atom is -0.365 e. The smallest absolute Gasteiger partial charge is 0.238 e. The minimum atomic E-state index is -3.71. The van der Waals surface area contributed by atoms with Crippen molar-refractivity contribution in [1.29, 1.82) is 0 Å². The van der Waals surface area contributed by atoms with E-state index in [1.165, 1.54) is 12.1 Å². The Morgan fingerprint density at radius 3 is 2.57 bits per heavy atom. The van der Waals surface area contributed by atoms with E-state index in [-0.39, 0.29) is 4.90 Å². The van der Waals surface area contributed by atoms with E-state index < -0.39 is 10.0 Å².